The predicted octanol–water partition coefficient (Wildman–Crippen LogP) is 1.72. The first-order valence-electron chi connectivity index (χ1n) is 5.91. The number of halogens is 1. The van der Waals surface area contributed by atoms with E-state index in [1.54, 1.807) is 0 Å². The molecule has 0 aliphatic rings. The highest BCUT2D eigenvalue weighted by molar-refractivity contribution is 5.50. The largest absolute Gasteiger partial charge is 0.380 e. The van der Waals surface area contributed by atoms with E-state index in [1.165, 1.54) is 12.1 Å². The second kappa shape index (κ2) is 7.65. The number of hydrogen-bond donors (Lipinski definition) is 1. The lowest BCUT2D eigenvalue weighted by atomic mass is 10.2. The van der Waals surface area contributed by atoms with Crippen LogP contribution in [0.2, 0.25) is 0 Å². The lowest BCUT2D eigenvalue weighted by Gasteiger charge is -2.11. The molecule has 0 fully saturated rings. The molecule has 0 bridgehead atoms. The summed E-state index contributed by atoms with van der Waals surface area (Å²) in [6, 6.07) is 3.51. The fraction of sp³-hybridized carbons (Fsp3) is 0.500. The van der Waals surface area contributed by atoms with Crippen molar-refractivity contribution in [3.8, 4) is 0 Å². The van der Waals surface area contributed by atoms with Gasteiger partial charge in [0.15, 0.2) is 5.82 Å². The van der Waals surface area contributed by atoms with E-state index in [4.69, 9.17) is 4.74 Å². The summed E-state index contributed by atoms with van der Waals surface area (Å²) in [5, 5.41) is 13.3. The molecule has 0 radical (unpaired) electrons. The molecule has 1 aromatic carbocycles. The third-order valence-electron chi connectivity index (χ3n) is 2.41. The minimum Gasteiger partial charge on any atom is -0.380 e. The standard InChI is InChI=1S/C12H18FN3O3/c1-15(2)6-8-19-7-5-14-12-4-3-10(16(17)18)9-11(12)13/h3-4,9,14H,5-8H2,1-2H3. The number of non-ortho nitro benzene ring substituents is 1. The molecule has 0 aliphatic heterocycles. The van der Waals surface area contributed by atoms with E-state index in [1.807, 2.05) is 19.0 Å². The maximum Gasteiger partial charge on any atom is 0.272 e. The summed E-state index contributed by atoms with van der Waals surface area (Å²) >= 11 is 0. The van der Waals surface area contributed by atoms with Crippen LogP contribution in [0.5, 0.6) is 0 Å². The van der Waals surface area contributed by atoms with Gasteiger partial charge in [-0.05, 0) is 20.2 Å². The highest BCUT2D eigenvalue weighted by Gasteiger charge is 2.09. The summed E-state index contributed by atoms with van der Waals surface area (Å²) in [5.74, 6) is -0.637. The minimum absolute atomic E-state index is 0.238. The van der Waals surface area contributed by atoms with E-state index in [9.17, 15) is 14.5 Å². The van der Waals surface area contributed by atoms with Gasteiger partial charge in [0.25, 0.3) is 5.69 Å². The topological polar surface area (TPSA) is 67.6 Å². The zero-order chi connectivity index (χ0) is 14.3. The third kappa shape index (κ3) is 5.62. The maximum atomic E-state index is 13.5. The van der Waals surface area contributed by atoms with Crippen molar-refractivity contribution >= 4 is 11.4 Å². The maximum absolute atomic E-state index is 13.5. The van der Waals surface area contributed by atoms with Gasteiger partial charge in [0.05, 0.1) is 29.9 Å². The molecule has 106 valence electrons. The van der Waals surface area contributed by atoms with Gasteiger partial charge >= 0.3 is 0 Å². The van der Waals surface area contributed by atoms with Gasteiger partial charge in [-0.3, -0.25) is 10.1 Å². The Labute approximate surface area is 111 Å². The van der Waals surface area contributed by atoms with Gasteiger partial charge in [-0.1, -0.05) is 0 Å². The van der Waals surface area contributed by atoms with Crippen LogP contribution >= 0.6 is 0 Å². The van der Waals surface area contributed by atoms with E-state index in [2.05, 4.69) is 5.32 Å². The van der Waals surface area contributed by atoms with Gasteiger partial charge in [-0.2, -0.15) is 0 Å². The Hall–Kier alpha value is -1.73. The van der Waals surface area contributed by atoms with Crippen LogP contribution in [0, 0.1) is 15.9 Å². The molecule has 0 atom stereocenters. The van der Waals surface area contributed by atoms with Crippen molar-refractivity contribution < 1.29 is 14.1 Å². The zero-order valence-electron chi connectivity index (χ0n) is 11.1. The first-order chi connectivity index (χ1) is 9.00. The average Bonchev–Trinajstić information content (AvgIpc) is 2.34. The number of nitrogens with one attached hydrogen (secondary N) is 1. The third-order valence-corrected chi connectivity index (χ3v) is 2.41. The number of ether oxygens (including phenoxy) is 1. The van der Waals surface area contributed by atoms with Gasteiger partial charge in [0.1, 0.15) is 0 Å². The highest BCUT2D eigenvalue weighted by atomic mass is 19.1. The molecule has 0 aromatic heterocycles. The Bertz CT molecular complexity index is 427. The lowest BCUT2D eigenvalue weighted by Crippen LogP contribution is -2.20. The molecule has 6 nitrogen and oxygen atoms in total. The van der Waals surface area contributed by atoms with Crippen LogP contribution in [0.25, 0.3) is 0 Å². The lowest BCUT2D eigenvalue weighted by molar-refractivity contribution is -0.385. The molecule has 1 rings (SSSR count). The molecule has 1 aromatic rings. The number of nitrogens with zero attached hydrogens (tertiary/aromatic N) is 2. The minimum atomic E-state index is -0.637. The molecule has 7 heteroatoms. The van der Waals surface area contributed by atoms with Crippen LogP contribution < -0.4 is 5.32 Å². The Balaban J connectivity index is 2.32. The molecule has 0 spiro atoms. The normalized spacial score (nSPS) is 10.7. The second-order valence-electron chi connectivity index (χ2n) is 4.26. The quantitative estimate of drug-likeness (QED) is 0.443. The van der Waals surface area contributed by atoms with E-state index >= 15 is 0 Å². The number of rotatable bonds is 8. The van der Waals surface area contributed by atoms with Gasteiger partial charge in [0.2, 0.25) is 0 Å². The number of likely N-dealkylation sites (N-methyl/N-ethyl adjacent to an activating group) is 1. The van der Waals surface area contributed by atoms with Crippen LogP contribution in [-0.2, 0) is 4.74 Å². The number of hydrogen-bond acceptors (Lipinski definition) is 5. The first-order valence-corrected chi connectivity index (χ1v) is 5.91. The molecule has 0 unspecified atom stereocenters. The Kier molecular flexibility index (Phi) is 6.17. The average molecular weight is 271 g/mol. The highest BCUT2D eigenvalue weighted by Crippen LogP contribution is 2.20. The fourth-order valence-corrected chi connectivity index (χ4v) is 1.37. The number of nitro benzene ring substituents is 1. The Morgan fingerprint density at radius 3 is 2.74 bits per heavy atom. The monoisotopic (exact) mass is 271 g/mol. The van der Waals surface area contributed by atoms with Crippen LogP contribution in [-0.4, -0.2) is 50.2 Å². The van der Waals surface area contributed by atoms with Gasteiger partial charge < -0.3 is 15.0 Å². The molecule has 0 saturated heterocycles. The van der Waals surface area contributed by atoms with Crippen LogP contribution in [0.4, 0.5) is 15.8 Å². The Morgan fingerprint density at radius 2 is 2.16 bits per heavy atom. The molecule has 1 N–H and O–H groups in total. The van der Waals surface area contributed by atoms with Crippen molar-refractivity contribution in [3.63, 3.8) is 0 Å². The number of nitro groups is 1. The predicted molar refractivity (Wildman–Crippen MR) is 70.9 cm³/mol. The van der Waals surface area contributed by atoms with E-state index in [-0.39, 0.29) is 11.4 Å². The van der Waals surface area contributed by atoms with Crippen molar-refractivity contribution in [1.29, 1.82) is 0 Å². The van der Waals surface area contributed by atoms with E-state index < -0.39 is 10.7 Å². The first kappa shape index (κ1) is 15.3. The van der Waals surface area contributed by atoms with Gasteiger partial charge in [0, 0.05) is 19.2 Å². The molecule has 0 amide bonds. The fourth-order valence-electron chi connectivity index (χ4n) is 1.37. The summed E-state index contributed by atoms with van der Waals surface area (Å²) < 4.78 is 18.8. The van der Waals surface area contributed by atoms with Gasteiger partial charge in [-0.15, -0.1) is 0 Å². The number of benzene rings is 1. The summed E-state index contributed by atoms with van der Waals surface area (Å²) in [6.07, 6.45) is 0. The molecule has 19 heavy (non-hydrogen) atoms. The van der Waals surface area contributed by atoms with Crippen molar-refractivity contribution in [2.75, 3.05) is 45.7 Å². The van der Waals surface area contributed by atoms with Crippen molar-refractivity contribution in [3.05, 3.63) is 34.1 Å². The van der Waals surface area contributed by atoms with E-state index in [0.717, 1.165) is 12.6 Å². The summed E-state index contributed by atoms with van der Waals surface area (Å²) in [7, 11) is 3.90. The molecule has 0 aliphatic carbocycles. The molecular formula is C12H18FN3O3. The van der Waals surface area contributed by atoms with Crippen molar-refractivity contribution in [2.24, 2.45) is 0 Å². The zero-order valence-corrected chi connectivity index (χ0v) is 11.1. The van der Waals surface area contributed by atoms with Crippen LogP contribution in [0.1, 0.15) is 0 Å². The van der Waals surface area contributed by atoms with Crippen molar-refractivity contribution in [2.45, 2.75) is 0 Å². The Morgan fingerprint density at radius 1 is 1.42 bits per heavy atom. The van der Waals surface area contributed by atoms with Crippen LogP contribution in [0.3, 0.4) is 0 Å². The van der Waals surface area contributed by atoms with Crippen molar-refractivity contribution in [1.82, 2.24) is 4.90 Å². The smallest absolute Gasteiger partial charge is 0.272 e. The summed E-state index contributed by atoms with van der Waals surface area (Å²) in [6.45, 7) is 2.33. The molecule has 0 heterocycles. The molecular weight excluding hydrogens is 253 g/mol. The molecule has 0 saturated carbocycles. The van der Waals surface area contributed by atoms with Crippen LogP contribution in [0.15, 0.2) is 18.2 Å². The second-order valence-corrected chi connectivity index (χ2v) is 4.26. The SMILES string of the molecule is CN(C)CCOCCNc1ccc([N+](=O)[O-])cc1F. The van der Waals surface area contributed by atoms with E-state index in [0.29, 0.717) is 19.8 Å². The number of anilines is 1. The van der Waals surface area contributed by atoms with Gasteiger partial charge in [-0.25, -0.2) is 4.39 Å². The summed E-state index contributed by atoms with van der Waals surface area (Å²) in [5.41, 5.74) is -0.0212. The summed E-state index contributed by atoms with van der Waals surface area (Å²) in [4.78, 5) is 11.8.